The van der Waals surface area contributed by atoms with Crippen molar-refractivity contribution in [2.75, 3.05) is 19.8 Å². The van der Waals surface area contributed by atoms with Gasteiger partial charge in [0.05, 0.1) is 13.2 Å². The summed E-state index contributed by atoms with van der Waals surface area (Å²) in [5, 5.41) is 19.3. The van der Waals surface area contributed by atoms with Crippen LogP contribution in [0.15, 0.2) is 30.3 Å². The number of hydrogen-bond acceptors (Lipinski definition) is 6. The first-order valence-electron chi connectivity index (χ1n) is 6.64. The first kappa shape index (κ1) is 17.8. The highest BCUT2D eigenvalue weighted by atomic mass is 31.2. The normalized spacial score (nSPS) is 14.6. The fraction of sp³-hybridized carbons (Fsp3) is 0.538. The molecule has 1 N–H and O–H groups in total. The summed E-state index contributed by atoms with van der Waals surface area (Å²) in [6.07, 6.45) is -0.188. The Kier molecular flexibility index (Phi) is 6.48. The predicted molar refractivity (Wildman–Crippen MR) is 77.8 cm³/mol. The molecule has 1 atom stereocenters. The van der Waals surface area contributed by atoms with Gasteiger partial charge in [0.2, 0.25) is 11.9 Å². The lowest BCUT2D eigenvalue weighted by Crippen LogP contribution is -2.40. The van der Waals surface area contributed by atoms with Crippen LogP contribution in [0.2, 0.25) is 0 Å². The molecule has 1 rings (SSSR count). The molecule has 1 aromatic rings. The minimum Gasteiger partial charge on any atom is -0.372 e. The maximum atomic E-state index is 12.8. The van der Waals surface area contributed by atoms with Gasteiger partial charge in [0.15, 0.2) is 0 Å². The van der Waals surface area contributed by atoms with Crippen LogP contribution in [0, 0.1) is 10.1 Å². The van der Waals surface area contributed by atoms with Gasteiger partial charge in [-0.1, -0.05) is 30.3 Å². The molecular weight excluding hydrogens is 297 g/mol. The van der Waals surface area contributed by atoms with Crippen molar-refractivity contribution < 1.29 is 23.6 Å². The van der Waals surface area contributed by atoms with Crippen LogP contribution in [0.25, 0.3) is 0 Å². The monoisotopic (exact) mass is 317 g/mol. The van der Waals surface area contributed by atoms with E-state index in [4.69, 9.17) is 9.05 Å². The second-order valence-electron chi connectivity index (χ2n) is 4.47. The fourth-order valence-corrected chi connectivity index (χ4v) is 3.89. The maximum absolute atomic E-state index is 12.8. The molecule has 0 heterocycles. The maximum Gasteiger partial charge on any atom is 0.369 e. The molecule has 118 valence electrons. The molecule has 1 aromatic carbocycles. The van der Waals surface area contributed by atoms with Gasteiger partial charge in [-0.25, -0.2) is 0 Å². The van der Waals surface area contributed by atoms with Gasteiger partial charge in [-0.15, -0.1) is 0 Å². The molecule has 7 nitrogen and oxygen atoms in total. The molecule has 0 spiro atoms. The molecule has 0 aromatic heterocycles. The lowest BCUT2D eigenvalue weighted by atomic mass is 10.1. The minimum absolute atomic E-state index is 0.0199. The van der Waals surface area contributed by atoms with Crippen LogP contribution >= 0.6 is 7.60 Å². The Morgan fingerprint density at radius 1 is 1.24 bits per heavy atom. The minimum atomic E-state index is -4.05. The molecule has 8 heteroatoms. The standard InChI is InChI=1S/C13H20NO6P/c1-3-19-21(18,20-4-2)13(15,11-14(16)17)10-12-8-6-5-7-9-12/h5-9,15H,3-4,10-11H2,1-2H3. The summed E-state index contributed by atoms with van der Waals surface area (Å²) in [5.41, 5.74) is 0.612. The van der Waals surface area contributed by atoms with Crippen molar-refractivity contribution in [2.45, 2.75) is 25.6 Å². The van der Waals surface area contributed by atoms with Gasteiger partial charge in [-0.05, 0) is 19.4 Å². The van der Waals surface area contributed by atoms with E-state index in [0.717, 1.165) is 0 Å². The SMILES string of the molecule is CCOP(=O)(OCC)C(O)(Cc1ccccc1)C[N+](=O)[O-]. The van der Waals surface area contributed by atoms with Crippen molar-refractivity contribution in [3.8, 4) is 0 Å². The highest BCUT2D eigenvalue weighted by Gasteiger charge is 2.53. The van der Waals surface area contributed by atoms with Gasteiger partial charge in [0.1, 0.15) is 0 Å². The number of nitro groups is 1. The largest absolute Gasteiger partial charge is 0.372 e. The highest BCUT2D eigenvalue weighted by Crippen LogP contribution is 2.59. The van der Waals surface area contributed by atoms with Crippen LogP contribution in [-0.2, 0) is 20.0 Å². The quantitative estimate of drug-likeness (QED) is 0.427. The van der Waals surface area contributed by atoms with Crippen LogP contribution in [0.5, 0.6) is 0 Å². The van der Waals surface area contributed by atoms with Crippen LogP contribution in [-0.4, -0.2) is 35.1 Å². The van der Waals surface area contributed by atoms with Crippen LogP contribution in [0.3, 0.4) is 0 Å². The average Bonchev–Trinajstić information content (AvgIpc) is 2.39. The zero-order valence-corrected chi connectivity index (χ0v) is 13.0. The smallest absolute Gasteiger partial charge is 0.369 e. The molecule has 0 saturated carbocycles. The van der Waals surface area contributed by atoms with Crippen LogP contribution < -0.4 is 0 Å². The van der Waals surface area contributed by atoms with Crippen molar-refractivity contribution in [2.24, 2.45) is 0 Å². The number of rotatable bonds is 9. The molecule has 0 fully saturated rings. The van der Waals surface area contributed by atoms with Crippen molar-refractivity contribution in [3.05, 3.63) is 46.0 Å². The summed E-state index contributed by atoms with van der Waals surface area (Å²) in [7, 11) is -4.05. The third kappa shape index (κ3) is 4.61. The van der Waals surface area contributed by atoms with Gasteiger partial charge < -0.3 is 14.2 Å². The van der Waals surface area contributed by atoms with Gasteiger partial charge in [-0.2, -0.15) is 0 Å². The fourth-order valence-electron chi connectivity index (χ4n) is 1.99. The first-order valence-corrected chi connectivity index (χ1v) is 8.18. The molecule has 0 bridgehead atoms. The topological polar surface area (TPSA) is 98.9 Å². The van der Waals surface area contributed by atoms with E-state index in [-0.39, 0.29) is 19.6 Å². The molecule has 0 aliphatic heterocycles. The van der Waals surface area contributed by atoms with E-state index in [0.29, 0.717) is 5.56 Å². The predicted octanol–water partition coefficient (Wildman–Crippen LogP) is 2.46. The molecule has 0 aliphatic carbocycles. The van der Waals surface area contributed by atoms with E-state index in [1.165, 1.54) is 0 Å². The molecule has 0 aliphatic rings. The second kappa shape index (κ2) is 7.66. The van der Waals surface area contributed by atoms with Crippen LogP contribution in [0.1, 0.15) is 19.4 Å². The average molecular weight is 317 g/mol. The van der Waals surface area contributed by atoms with E-state index in [1.807, 2.05) is 0 Å². The van der Waals surface area contributed by atoms with Crippen molar-refractivity contribution in [1.29, 1.82) is 0 Å². The Balaban J connectivity index is 3.17. The molecule has 0 amide bonds. The summed E-state index contributed by atoms with van der Waals surface area (Å²) >= 11 is 0. The van der Waals surface area contributed by atoms with Crippen molar-refractivity contribution in [1.82, 2.24) is 0 Å². The molecule has 1 unspecified atom stereocenters. The van der Waals surface area contributed by atoms with Crippen molar-refractivity contribution in [3.63, 3.8) is 0 Å². The third-order valence-corrected chi connectivity index (χ3v) is 5.34. The Hall–Kier alpha value is -1.27. The van der Waals surface area contributed by atoms with E-state index in [9.17, 15) is 19.8 Å². The van der Waals surface area contributed by atoms with Crippen molar-refractivity contribution >= 4 is 7.60 Å². The van der Waals surface area contributed by atoms with Gasteiger partial charge in [0, 0.05) is 11.3 Å². The van der Waals surface area contributed by atoms with Gasteiger partial charge in [0.25, 0.3) is 0 Å². The first-order chi connectivity index (χ1) is 9.87. The Morgan fingerprint density at radius 2 is 1.76 bits per heavy atom. The molecular formula is C13H20NO6P. The summed E-state index contributed by atoms with van der Waals surface area (Å²) in [6, 6.07) is 8.61. The van der Waals surface area contributed by atoms with E-state index < -0.39 is 24.4 Å². The second-order valence-corrected chi connectivity index (χ2v) is 6.81. The lowest BCUT2D eigenvalue weighted by Gasteiger charge is -2.31. The highest BCUT2D eigenvalue weighted by molar-refractivity contribution is 7.55. The number of nitrogens with zero attached hydrogens (tertiary/aromatic N) is 1. The molecule has 21 heavy (non-hydrogen) atoms. The summed E-state index contributed by atoms with van der Waals surface area (Å²) in [4.78, 5) is 10.2. The number of benzene rings is 1. The van der Waals surface area contributed by atoms with Gasteiger partial charge in [-0.3, -0.25) is 14.7 Å². The van der Waals surface area contributed by atoms with E-state index in [2.05, 4.69) is 0 Å². The molecule has 0 radical (unpaired) electrons. The van der Waals surface area contributed by atoms with E-state index in [1.54, 1.807) is 44.2 Å². The summed E-state index contributed by atoms with van der Waals surface area (Å²) in [5.74, 6) is 0. The number of hydrogen-bond donors (Lipinski definition) is 1. The Bertz CT molecular complexity index is 499. The zero-order valence-electron chi connectivity index (χ0n) is 12.1. The number of aliphatic hydroxyl groups is 1. The third-order valence-electron chi connectivity index (χ3n) is 2.82. The summed E-state index contributed by atoms with van der Waals surface area (Å²) in [6.45, 7) is 2.29. The Labute approximate surface area is 123 Å². The molecule has 0 saturated heterocycles. The zero-order chi connectivity index (χ0) is 15.9. The van der Waals surface area contributed by atoms with Crippen LogP contribution in [0.4, 0.5) is 0 Å². The van der Waals surface area contributed by atoms with Gasteiger partial charge >= 0.3 is 7.60 Å². The van der Waals surface area contributed by atoms with E-state index >= 15 is 0 Å². The summed E-state index contributed by atoms with van der Waals surface area (Å²) < 4.78 is 23.0. The Morgan fingerprint density at radius 3 is 2.19 bits per heavy atom. The lowest BCUT2D eigenvalue weighted by molar-refractivity contribution is -0.495.